The molecule has 1 aliphatic heterocycles. The Labute approximate surface area is 150 Å². The number of anilines is 1. The van der Waals surface area contributed by atoms with Crippen molar-refractivity contribution in [2.45, 2.75) is 17.6 Å². The molecule has 1 saturated heterocycles. The summed E-state index contributed by atoms with van der Waals surface area (Å²) in [6, 6.07) is 6.48. The number of fused-ring (bicyclic) bond motifs is 1. The van der Waals surface area contributed by atoms with Crippen LogP contribution in [0.4, 0.5) is 5.82 Å². The van der Waals surface area contributed by atoms with Crippen molar-refractivity contribution < 1.29 is 4.74 Å². The fourth-order valence-electron chi connectivity index (χ4n) is 3.70. The van der Waals surface area contributed by atoms with E-state index in [0.29, 0.717) is 0 Å². The Morgan fingerprint density at radius 2 is 2.08 bits per heavy atom. The minimum atomic E-state index is 0.252. The van der Waals surface area contributed by atoms with Crippen LogP contribution >= 0.6 is 11.8 Å². The smallest absolute Gasteiger partial charge is 0.148 e. The largest absolute Gasteiger partial charge is 0.378 e. The van der Waals surface area contributed by atoms with Gasteiger partial charge in [-0.05, 0) is 36.8 Å². The third kappa shape index (κ3) is 2.45. The first kappa shape index (κ1) is 15.3. The molecule has 0 unspecified atom stereocenters. The Bertz CT molecular complexity index is 894. The van der Waals surface area contributed by atoms with Crippen LogP contribution in [-0.2, 0) is 9.48 Å². The van der Waals surface area contributed by atoms with Gasteiger partial charge in [0.05, 0.1) is 19.4 Å². The zero-order chi connectivity index (χ0) is 16.9. The Morgan fingerprint density at radius 1 is 1.24 bits per heavy atom. The zero-order valence-corrected chi connectivity index (χ0v) is 15.1. The average molecular weight is 355 g/mol. The van der Waals surface area contributed by atoms with E-state index in [2.05, 4.69) is 44.2 Å². The molecule has 25 heavy (non-hydrogen) atoms. The van der Waals surface area contributed by atoms with Crippen molar-refractivity contribution in [2.75, 3.05) is 37.5 Å². The Morgan fingerprint density at radius 3 is 2.76 bits per heavy atom. The van der Waals surface area contributed by atoms with Gasteiger partial charge >= 0.3 is 0 Å². The number of aromatic nitrogens is 4. The number of morpholine rings is 1. The number of rotatable bonds is 4. The fourth-order valence-corrected chi connectivity index (χ4v) is 4.60. The molecule has 0 bridgehead atoms. The van der Waals surface area contributed by atoms with Crippen LogP contribution in [0.3, 0.4) is 0 Å². The van der Waals surface area contributed by atoms with Crippen LogP contribution in [0.2, 0.25) is 0 Å². The molecule has 1 aliphatic carbocycles. The first-order chi connectivity index (χ1) is 12.3. The highest BCUT2D eigenvalue weighted by atomic mass is 32.2. The molecule has 0 radical (unpaired) electrons. The third-order valence-corrected chi connectivity index (χ3v) is 6.72. The van der Waals surface area contributed by atoms with Gasteiger partial charge in [0.2, 0.25) is 0 Å². The van der Waals surface area contributed by atoms with Crippen LogP contribution < -0.4 is 4.90 Å². The molecule has 6 nitrogen and oxygen atoms in total. The lowest BCUT2D eigenvalue weighted by Crippen LogP contribution is -2.37. The molecule has 5 rings (SSSR count). The zero-order valence-electron chi connectivity index (χ0n) is 14.2. The predicted octanol–water partition coefficient (Wildman–Crippen LogP) is 2.94. The topological polar surface area (TPSA) is 59.0 Å². The molecule has 3 aromatic heterocycles. The second-order valence-electron chi connectivity index (χ2n) is 6.69. The normalized spacial score (nSPS) is 19.5. The van der Waals surface area contributed by atoms with Crippen LogP contribution in [0.1, 0.15) is 18.4 Å². The van der Waals surface area contributed by atoms with Crippen molar-refractivity contribution in [3.8, 4) is 5.82 Å². The highest BCUT2D eigenvalue weighted by Crippen LogP contribution is 2.58. The molecule has 0 aromatic carbocycles. The molecule has 2 aliphatic rings. The Balaban J connectivity index is 1.71. The van der Waals surface area contributed by atoms with Crippen LogP contribution in [0.15, 0.2) is 30.6 Å². The van der Waals surface area contributed by atoms with Crippen molar-refractivity contribution in [1.82, 2.24) is 19.7 Å². The van der Waals surface area contributed by atoms with Crippen molar-refractivity contribution in [3.05, 3.63) is 36.2 Å². The summed E-state index contributed by atoms with van der Waals surface area (Å²) in [5.74, 6) is 2.01. The lowest BCUT2D eigenvalue weighted by Gasteiger charge is -2.29. The molecule has 0 spiro atoms. The summed E-state index contributed by atoms with van der Waals surface area (Å²) in [7, 11) is 0. The molecule has 0 amide bonds. The predicted molar refractivity (Wildman–Crippen MR) is 101 cm³/mol. The summed E-state index contributed by atoms with van der Waals surface area (Å²) in [6.45, 7) is 3.33. The van der Waals surface area contributed by atoms with E-state index in [-0.39, 0.29) is 4.75 Å². The number of nitrogens with one attached hydrogen (secondary N) is 1. The number of thioether (sulfide) groups is 1. The van der Waals surface area contributed by atoms with Crippen LogP contribution in [-0.4, -0.2) is 52.3 Å². The summed E-state index contributed by atoms with van der Waals surface area (Å²) in [5.41, 5.74) is 2.42. The van der Waals surface area contributed by atoms with Gasteiger partial charge in [-0.1, -0.05) is 0 Å². The summed E-state index contributed by atoms with van der Waals surface area (Å²) >= 11 is 1.97. The maximum Gasteiger partial charge on any atom is 0.148 e. The van der Waals surface area contributed by atoms with Crippen molar-refractivity contribution in [3.63, 3.8) is 0 Å². The number of ether oxygens (including phenoxy) is 1. The number of hydrogen-bond donors (Lipinski definition) is 1. The minimum Gasteiger partial charge on any atom is -0.378 e. The van der Waals surface area contributed by atoms with E-state index in [0.717, 1.165) is 43.6 Å². The monoisotopic (exact) mass is 355 g/mol. The molecule has 4 heterocycles. The van der Waals surface area contributed by atoms with E-state index in [4.69, 9.17) is 9.72 Å². The van der Waals surface area contributed by atoms with Crippen molar-refractivity contribution in [1.29, 1.82) is 0 Å². The highest BCUT2D eigenvalue weighted by molar-refractivity contribution is 7.99. The fraction of sp³-hybridized carbons (Fsp3) is 0.444. The second-order valence-corrected chi connectivity index (χ2v) is 7.88. The van der Waals surface area contributed by atoms with Gasteiger partial charge < -0.3 is 9.64 Å². The van der Waals surface area contributed by atoms with E-state index in [1.54, 1.807) is 6.20 Å². The summed E-state index contributed by atoms with van der Waals surface area (Å²) in [4.78, 5) is 7.37. The molecular formula is C18H21N5OS. The number of aromatic amines is 1. The maximum absolute atomic E-state index is 5.52. The van der Waals surface area contributed by atoms with E-state index < -0.39 is 0 Å². The second kappa shape index (κ2) is 5.78. The Hall–Kier alpha value is -1.99. The molecular weight excluding hydrogens is 334 g/mol. The summed E-state index contributed by atoms with van der Waals surface area (Å²) in [6.07, 6.45) is 8.57. The maximum atomic E-state index is 5.52. The first-order valence-electron chi connectivity index (χ1n) is 8.71. The van der Waals surface area contributed by atoms with Gasteiger partial charge in [-0.25, -0.2) is 4.98 Å². The summed E-state index contributed by atoms with van der Waals surface area (Å²) in [5, 5.41) is 8.39. The van der Waals surface area contributed by atoms with E-state index in [9.17, 15) is 0 Å². The molecule has 130 valence electrons. The molecule has 2 fully saturated rings. The van der Waals surface area contributed by atoms with Crippen molar-refractivity contribution in [2.24, 2.45) is 0 Å². The van der Waals surface area contributed by atoms with Gasteiger partial charge in [0, 0.05) is 35.5 Å². The molecule has 0 atom stereocenters. The van der Waals surface area contributed by atoms with Crippen LogP contribution in [0.25, 0.3) is 16.9 Å². The van der Waals surface area contributed by atoms with Gasteiger partial charge in [0.15, 0.2) is 0 Å². The lowest BCUT2D eigenvalue weighted by atomic mass is 10.1. The van der Waals surface area contributed by atoms with Gasteiger partial charge in [-0.15, -0.1) is 0 Å². The third-order valence-electron chi connectivity index (χ3n) is 5.31. The van der Waals surface area contributed by atoms with Gasteiger partial charge in [-0.2, -0.15) is 16.9 Å². The SMILES string of the molecule is CSC1(c2cc(N3CCOCC3)nc3c2ccn3-c2ccn[nH]2)CC1. The number of H-pyrrole nitrogens is 1. The van der Waals surface area contributed by atoms with E-state index in [1.165, 1.54) is 23.8 Å². The van der Waals surface area contributed by atoms with Crippen LogP contribution in [0.5, 0.6) is 0 Å². The van der Waals surface area contributed by atoms with Gasteiger partial charge in [0.25, 0.3) is 0 Å². The standard InChI is InChI=1S/C18H21N5OS/c1-25-18(4-5-18)14-12-16(22-8-10-24-11-9-22)20-17-13(14)3-7-23(17)15-2-6-19-21-15/h2-3,6-7,12H,4-5,8-11H2,1H3,(H,19,21). The van der Waals surface area contributed by atoms with Gasteiger partial charge in [0.1, 0.15) is 17.3 Å². The van der Waals surface area contributed by atoms with Gasteiger partial charge in [-0.3, -0.25) is 9.67 Å². The van der Waals surface area contributed by atoms with Crippen molar-refractivity contribution >= 4 is 28.6 Å². The molecule has 7 heteroatoms. The number of pyridine rings is 1. The first-order valence-corrected chi connectivity index (χ1v) is 9.93. The Kier molecular flexibility index (Phi) is 3.53. The average Bonchev–Trinajstić information content (AvgIpc) is 3.06. The quantitative estimate of drug-likeness (QED) is 0.780. The molecule has 3 aromatic rings. The van der Waals surface area contributed by atoms with E-state index in [1.807, 2.05) is 17.8 Å². The number of nitrogens with zero attached hydrogens (tertiary/aromatic N) is 4. The molecule has 1 N–H and O–H groups in total. The minimum absolute atomic E-state index is 0.252. The number of hydrogen-bond acceptors (Lipinski definition) is 5. The van der Waals surface area contributed by atoms with E-state index >= 15 is 0 Å². The van der Waals surface area contributed by atoms with Crippen LogP contribution in [0, 0.1) is 0 Å². The summed E-state index contributed by atoms with van der Waals surface area (Å²) < 4.78 is 7.87. The highest BCUT2D eigenvalue weighted by Gasteiger charge is 2.45. The lowest BCUT2D eigenvalue weighted by molar-refractivity contribution is 0.122. The molecule has 1 saturated carbocycles.